The van der Waals surface area contributed by atoms with Gasteiger partial charge in [0.25, 0.3) is 0 Å². The summed E-state index contributed by atoms with van der Waals surface area (Å²) in [6, 6.07) is 5.72. The number of imidazole rings is 1. The Morgan fingerprint density at radius 2 is 2.14 bits per heavy atom. The molecular formula is C20H24N6O2. The van der Waals surface area contributed by atoms with Crippen LogP contribution in [0.15, 0.2) is 28.4 Å². The minimum Gasteiger partial charge on any atom is -0.379 e. The molecule has 0 unspecified atom stereocenters. The Balaban J connectivity index is 1.32. The second kappa shape index (κ2) is 8.09. The molecule has 0 atom stereocenters. The van der Waals surface area contributed by atoms with Gasteiger partial charge in [-0.3, -0.25) is 9.69 Å². The van der Waals surface area contributed by atoms with Gasteiger partial charge in [-0.25, -0.2) is 4.98 Å². The van der Waals surface area contributed by atoms with Gasteiger partial charge >= 0.3 is 0 Å². The standard InChI is InChI=1S/C20H24N6O2/c1-2-3-7-20(24-25-20)8-6-19(27)21-15-4-5-16-17(13-15)23-18(22-16)14-26-9-11-28-12-10-26/h1,4-5,13H,3,6-12,14H2,(H,21,27)(H,22,23). The van der Waals surface area contributed by atoms with Crippen LogP contribution >= 0.6 is 0 Å². The third kappa shape index (κ3) is 4.55. The molecular weight excluding hydrogens is 356 g/mol. The van der Waals surface area contributed by atoms with Crippen molar-refractivity contribution >= 4 is 22.6 Å². The lowest BCUT2D eigenvalue weighted by atomic mass is 10.0. The summed E-state index contributed by atoms with van der Waals surface area (Å²) in [5, 5.41) is 11.1. The molecule has 0 aliphatic carbocycles. The van der Waals surface area contributed by atoms with E-state index in [1.807, 2.05) is 18.2 Å². The number of hydrogen-bond acceptors (Lipinski definition) is 6. The predicted octanol–water partition coefficient (Wildman–Crippen LogP) is 2.69. The number of rotatable bonds is 8. The van der Waals surface area contributed by atoms with Crippen molar-refractivity contribution < 1.29 is 9.53 Å². The van der Waals surface area contributed by atoms with Gasteiger partial charge in [-0.05, 0) is 18.2 Å². The Morgan fingerprint density at radius 1 is 1.32 bits per heavy atom. The molecule has 2 aliphatic heterocycles. The third-order valence-electron chi connectivity index (χ3n) is 5.10. The van der Waals surface area contributed by atoms with Crippen molar-refractivity contribution in [2.75, 3.05) is 31.6 Å². The molecule has 1 aromatic carbocycles. The first-order chi connectivity index (χ1) is 13.7. The number of carbonyl (C=O) groups is 1. The molecule has 8 heteroatoms. The summed E-state index contributed by atoms with van der Waals surface area (Å²) in [5.41, 5.74) is 2.14. The molecule has 1 aromatic heterocycles. The smallest absolute Gasteiger partial charge is 0.224 e. The summed E-state index contributed by atoms with van der Waals surface area (Å²) in [7, 11) is 0. The van der Waals surface area contributed by atoms with Crippen LogP contribution in [0.5, 0.6) is 0 Å². The van der Waals surface area contributed by atoms with E-state index in [4.69, 9.17) is 11.2 Å². The van der Waals surface area contributed by atoms with Gasteiger partial charge < -0.3 is 15.0 Å². The number of nitrogens with zero attached hydrogens (tertiary/aromatic N) is 4. The van der Waals surface area contributed by atoms with Crippen molar-refractivity contribution in [1.29, 1.82) is 0 Å². The molecule has 28 heavy (non-hydrogen) atoms. The first-order valence-electron chi connectivity index (χ1n) is 9.62. The Morgan fingerprint density at radius 3 is 2.89 bits per heavy atom. The zero-order chi connectivity index (χ0) is 19.4. The maximum Gasteiger partial charge on any atom is 0.224 e. The lowest BCUT2D eigenvalue weighted by Gasteiger charge is -2.25. The number of fused-ring (bicyclic) bond motifs is 1. The van der Waals surface area contributed by atoms with Crippen molar-refractivity contribution in [3.8, 4) is 12.3 Å². The van der Waals surface area contributed by atoms with Gasteiger partial charge in [-0.15, -0.1) is 12.3 Å². The van der Waals surface area contributed by atoms with Gasteiger partial charge in [0.1, 0.15) is 5.82 Å². The Kier molecular flexibility index (Phi) is 5.37. The fourth-order valence-corrected chi connectivity index (χ4v) is 3.39. The number of ether oxygens (including phenoxy) is 1. The van der Waals surface area contributed by atoms with Crippen LogP contribution in [0.1, 0.15) is 31.5 Å². The van der Waals surface area contributed by atoms with Crippen molar-refractivity contribution in [1.82, 2.24) is 14.9 Å². The first kappa shape index (κ1) is 18.6. The number of H-pyrrole nitrogens is 1. The van der Waals surface area contributed by atoms with Gasteiger partial charge in [0.2, 0.25) is 5.91 Å². The highest BCUT2D eigenvalue weighted by atomic mass is 16.5. The molecule has 146 valence electrons. The lowest BCUT2D eigenvalue weighted by Crippen LogP contribution is -2.35. The van der Waals surface area contributed by atoms with Gasteiger partial charge in [0, 0.05) is 44.5 Å². The van der Waals surface area contributed by atoms with E-state index in [1.54, 1.807) is 0 Å². The molecule has 4 rings (SSSR count). The minimum absolute atomic E-state index is 0.0511. The Hall–Kier alpha value is -2.76. The molecule has 8 nitrogen and oxygen atoms in total. The Bertz CT molecular complexity index is 916. The summed E-state index contributed by atoms with van der Waals surface area (Å²) in [4.78, 5) is 22.6. The second-order valence-electron chi connectivity index (χ2n) is 7.24. The number of nitrogens with one attached hydrogen (secondary N) is 2. The number of aromatic nitrogens is 2. The number of amides is 1. The van der Waals surface area contributed by atoms with Crippen LogP contribution in [0.2, 0.25) is 0 Å². The van der Waals surface area contributed by atoms with Crippen molar-refractivity contribution in [2.45, 2.75) is 37.9 Å². The number of carbonyl (C=O) groups excluding carboxylic acids is 1. The molecule has 0 saturated carbocycles. The van der Waals surface area contributed by atoms with Crippen LogP contribution in [-0.2, 0) is 16.1 Å². The zero-order valence-electron chi connectivity index (χ0n) is 15.8. The molecule has 3 heterocycles. The van der Waals surface area contributed by atoms with Crippen LogP contribution in [-0.4, -0.2) is 52.7 Å². The number of terminal acetylenes is 1. The van der Waals surface area contributed by atoms with Crippen LogP contribution in [0.25, 0.3) is 11.0 Å². The van der Waals surface area contributed by atoms with Gasteiger partial charge in [-0.1, -0.05) is 0 Å². The number of anilines is 1. The number of benzene rings is 1. The Labute approximate surface area is 163 Å². The van der Waals surface area contributed by atoms with E-state index in [1.165, 1.54) is 0 Å². The van der Waals surface area contributed by atoms with E-state index in [0.717, 1.165) is 55.4 Å². The monoisotopic (exact) mass is 380 g/mol. The average Bonchev–Trinajstić information content (AvgIpc) is 3.37. The second-order valence-corrected chi connectivity index (χ2v) is 7.24. The third-order valence-corrected chi connectivity index (χ3v) is 5.10. The lowest BCUT2D eigenvalue weighted by molar-refractivity contribution is -0.116. The largest absolute Gasteiger partial charge is 0.379 e. The number of morpholine rings is 1. The summed E-state index contributed by atoms with van der Waals surface area (Å²) in [5.74, 6) is 3.47. The SMILES string of the molecule is C#CCCC1(CCC(=O)Nc2ccc3nc(CN4CCOCC4)[nH]c3c2)N=N1. The molecule has 1 saturated heterocycles. The van der Waals surface area contributed by atoms with Crippen LogP contribution < -0.4 is 5.32 Å². The highest BCUT2D eigenvalue weighted by Crippen LogP contribution is 2.37. The molecule has 1 fully saturated rings. The van der Waals surface area contributed by atoms with Gasteiger partial charge in [0.15, 0.2) is 5.66 Å². The molecule has 0 bridgehead atoms. The number of hydrogen-bond donors (Lipinski definition) is 2. The van der Waals surface area contributed by atoms with E-state index in [9.17, 15) is 4.79 Å². The fraction of sp³-hybridized carbons (Fsp3) is 0.500. The number of aromatic amines is 1. The molecule has 2 aromatic rings. The summed E-state index contributed by atoms with van der Waals surface area (Å²) in [6.07, 6.45) is 7.58. The van der Waals surface area contributed by atoms with Gasteiger partial charge in [0.05, 0.1) is 30.8 Å². The van der Waals surface area contributed by atoms with Gasteiger partial charge in [-0.2, -0.15) is 10.2 Å². The maximum absolute atomic E-state index is 12.3. The van der Waals surface area contributed by atoms with E-state index in [-0.39, 0.29) is 5.91 Å². The highest BCUT2D eigenvalue weighted by Gasteiger charge is 2.39. The van der Waals surface area contributed by atoms with Crippen molar-refractivity contribution in [2.24, 2.45) is 10.2 Å². The predicted molar refractivity (Wildman–Crippen MR) is 106 cm³/mol. The summed E-state index contributed by atoms with van der Waals surface area (Å²) in [6.45, 7) is 4.13. The minimum atomic E-state index is -0.425. The molecule has 0 spiro atoms. The van der Waals surface area contributed by atoms with Crippen molar-refractivity contribution in [3.05, 3.63) is 24.0 Å². The maximum atomic E-state index is 12.3. The van der Waals surface area contributed by atoms with E-state index in [0.29, 0.717) is 25.7 Å². The van der Waals surface area contributed by atoms with E-state index in [2.05, 4.69) is 36.3 Å². The van der Waals surface area contributed by atoms with Crippen LogP contribution in [0.3, 0.4) is 0 Å². The highest BCUT2D eigenvalue weighted by molar-refractivity contribution is 5.93. The zero-order valence-corrected chi connectivity index (χ0v) is 15.8. The molecule has 1 amide bonds. The molecule has 2 N–H and O–H groups in total. The van der Waals surface area contributed by atoms with Crippen LogP contribution in [0, 0.1) is 12.3 Å². The average molecular weight is 380 g/mol. The molecule has 0 radical (unpaired) electrons. The van der Waals surface area contributed by atoms with Crippen molar-refractivity contribution in [3.63, 3.8) is 0 Å². The fourth-order valence-electron chi connectivity index (χ4n) is 3.39. The van der Waals surface area contributed by atoms with E-state index >= 15 is 0 Å². The normalized spacial score (nSPS) is 18.1. The topological polar surface area (TPSA) is 95.0 Å². The van der Waals surface area contributed by atoms with E-state index < -0.39 is 5.66 Å². The van der Waals surface area contributed by atoms with Crippen LogP contribution in [0.4, 0.5) is 5.69 Å². The molecule has 2 aliphatic rings. The first-order valence-corrected chi connectivity index (χ1v) is 9.62. The summed E-state index contributed by atoms with van der Waals surface area (Å²) >= 11 is 0. The quantitative estimate of drug-likeness (QED) is 0.689. The summed E-state index contributed by atoms with van der Waals surface area (Å²) < 4.78 is 5.38.